The van der Waals surface area contributed by atoms with Gasteiger partial charge in [0.1, 0.15) is 0 Å². The molecule has 4 aromatic carbocycles. The van der Waals surface area contributed by atoms with Crippen LogP contribution >= 0.6 is 11.6 Å². The van der Waals surface area contributed by atoms with E-state index in [1.807, 2.05) is 24.3 Å². The summed E-state index contributed by atoms with van der Waals surface area (Å²) in [7, 11) is 0. The Labute approximate surface area is 157 Å². The average molecular weight is 354 g/mol. The third-order valence-electron chi connectivity index (χ3n) is 4.87. The quantitative estimate of drug-likeness (QED) is 0.319. The van der Waals surface area contributed by atoms with Crippen LogP contribution in [0.4, 0.5) is 0 Å². The Bertz CT molecular complexity index is 1240. The van der Waals surface area contributed by atoms with Crippen molar-refractivity contribution in [2.24, 2.45) is 0 Å². The van der Waals surface area contributed by atoms with Crippen molar-refractivity contribution in [2.75, 3.05) is 0 Å². The number of fused-ring (bicyclic) bond motifs is 3. The van der Waals surface area contributed by atoms with Crippen LogP contribution < -0.4 is 0 Å². The van der Waals surface area contributed by atoms with Gasteiger partial charge < -0.3 is 4.57 Å². The van der Waals surface area contributed by atoms with Crippen molar-refractivity contribution in [3.8, 4) is 16.8 Å². The number of halogens is 1. The van der Waals surface area contributed by atoms with E-state index in [2.05, 4.69) is 77.4 Å². The molecule has 0 spiro atoms. The molecule has 1 heterocycles. The van der Waals surface area contributed by atoms with E-state index in [0.29, 0.717) is 0 Å². The Morgan fingerprint density at radius 2 is 1.19 bits per heavy atom. The largest absolute Gasteiger partial charge is 0.309 e. The van der Waals surface area contributed by atoms with Gasteiger partial charge in [-0.15, -0.1) is 0 Å². The van der Waals surface area contributed by atoms with E-state index in [9.17, 15) is 0 Å². The number of aromatic nitrogens is 1. The lowest BCUT2D eigenvalue weighted by Gasteiger charge is -2.12. The second kappa shape index (κ2) is 6.05. The molecule has 1 aromatic heterocycles. The van der Waals surface area contributed by atoms with Crippen molar-refractivity contribution in [3.05, 3.63) is 102 Å². The van der Waals surface area contributed by atoms with Gasteiger partial charge in [-0.25, -0.2) is 0 Å². The maximum absolute atomic E-state index is 6.55. The highest BCUT2D eigenvalue weighted by Gasteiger charge is 2.16. The Kier molecular flexibility index (Phi) is 3.55. The van der Waals surface area contributed by atoms with Gasteiger partial charge in [0, 0.05) is 32.6 Å². The van der Waals surface area contributed by atoms with Crippen molar-refractivity contribution >= 4 is 33.4 Å². The summed E-state index contributed by atoms with van der Waals surface area (Å²) in [6, 6.07) is 33.6. The number of hydrogen-bond acceptors (Lipinski definition) is 0. The number of para-hydroxylation sites is 3. The first-order valence-corrected chi connectivity index (χ1v) is 9.05. The van der Waals surface area contributed by atoms with E-state index in [4.69, 9.17) is 11.6 Å². The topological polar surface area (TPSA) is 4.93 Å². The summed E-state index contributed by atoms with van der Waals surface area (Å²) < 4.78 is 2.34. The fraction of sp³-hybridized carbons (Fsp3) is 0. The van der Waals surface area contributed by atoms with Gasteiger partial charge >= 0.3 is 0 Å². The zero-order valence-electron chi connectivity index (χ0n) is 14.1. The molecule has 0 unspecified atom stereocenters. The number of benzene rings is 4. The highest BCUT2D eigenvalue weighted by atomic mass is 35.5. The molecule has 124 valence electrons. The summed E-state index contributed by atoms with van der Waals surface area (Å²) in [6.07, 6.45) is 0. The van der Waals surface area contributed by atoms with Gasteiger partial charge in [-0.1, -0.05) is 84.4 Å². The molecule has 26 heavy (non-hydrogen) atoms. The van der Waals surface area contributed by atoms with Gasteiger partial charge in [-0.05, 0) is 24.3 Å². The number of rotatable bonds is 2. The maximum atomic E-state index is 6.55. The molecule has 0 aliphatic rings. The average Bonchev–Trinajstić information content (AvgIpc) is 3.04. The van der Waals surface area contributed by atoms with E-state index in [-0.39, 0.29) is 0 Å². The first-order valence-electron chi connectivity index (χ1n) is 8.67. The molecule has 0 radical (unpaired) electrons. The zero-order chi connectivity index (χ0) is 17.5. The third-order valence-corrected chi connectivity index (χ3v) is 5.20. The number of nitrogens with zero attached hydrogens (tertiary/aromatic N) is 1. The summed E-state index contributed by atoms with van der Waals surface area (Å²) in [6.45, 7) is 0. The minimum Gasteiger partial charge on any atom is -0.309 e. The Balaban J connectivity index is 2.00. The van der Waals surface area contributed by atoms with Crippen LogP contribution in [0.2, 0.25) is 5.02 Å². The Morgan fingerprint density at radius 3 is 2.04 bits per heavy atom. The molecule has 0 saturated heterocycles. The van der Waals surface area contributed by atoms with E-state index < -0.39 is 0 Å². The first-order chi connectivity index (χ1) is 12.8. The highest BCUT2D eigenvalue weighted by molar-refractivity contribution is 6.34. The van der Waals surface area contributed by atoms with Crippen molar-refractivity contribution in [3.63, 3.8) is 0 Å². The molecular weight excluding hydrogens is 338 g/mol. The van der Waals surface area contributed by atoms with E-state index in [1.54, 1.807) is 0 Å². The maximum Gasteiger partial charge on any atom is 0.0619 e. The minimum atomic E-state index is 0.768. The van der Waals surface area contributed by atoms with Crippen LogP contribution in [0.5, 0.6) is 0 Å². The molecule has 1 nitrogen and oxygen atoms in total. The van der Waals surface area contributed by atoms with Crippen molar-refractivity contribution in [1.29, 1.82) is 0 Å². The normalized spacial score (nSPS) is 11.3. The first kappa shape index (κ1) is 15.2. The minimum absolute atomic E-state index is 0.768. The molecule has 0 saturated carbocycles. The fourth-order valence-corrected chi connectivity index (χ4v) is 4.00. The van der Waals surface area contributed by atoms with Gasteiger partial charge in [-0.3, -0.25) is 0 Å². The predicted octanol–water partition coefficient (Wildman–Crippen LogP) is 7.10. The van der Waals surface area contributed by atoms with Crippen LogP contribution in [0.15, 0.2) is 97.1 Å². The highest BCUT2D eigenvalue weighted by Crippen LogP contribution is 2.39. The van der Waals surface area contributed by atoms with E-state index in [0.717, 1.165) is 21.8 Å². The molecule has 0 fully saturated rings. The van der Waals surface area contributed by atoms with Gasteiger partial charge in [0.05, 0.1) is 11.0 Å². The Hall–Kier alpha value is -3.03. The second-order valence-corrected chi connectivity index (χ2v) is 6.78. The summed E-state index contributed by atoms with van der Waals surface area (Å²) >= 11 is 6.55. The molecule has 0 aliphatic carbocycles. The molecule has 0 aliphatic heterocycles. The standard InChI is InChI=1S/C24H16ClN/c25-22-15-6-4-11-18(22)20-13-8-14-21-19-12-5-7-16-23(19)26(24(20)21)17-9-2-1-3-10-17/h1-16H. The summed E-state index contributed by atoms with van der Waals surface area (Å²) in [4.78, 5) is 0. The monoisotopic (exact) mass is 353 g/mol. The smallest absolute Gasteiger partial charge is 0.0619 e. The van der Waals surface area contributed by atoms with Gasteiger partial charge in [-0.2, -0.15) is 0 Å². The van der Waals surface area contributed by atoms with Crippen LogP contribution in [-0.2, 0) is 0 Å². The van der Waals surface area contributed by atoms with Gasteiger partial charge in [0.15, 0.2) is 0 Å². The van der Waals surface area contributed by atoms with Crippen LogP contribution in [0.1, 0.15) is 0 Å². The molecular formula is C24H16ClN. The van der Waals surface area contributed by atoms with Gasteiger partial charge in [0.25, 0.3) is 0 Å². The summed E-state index contributed by atoms with van der Waals surface area (Å²) in [5, 5.41) is 3.26. The van der Waals surface area contributed by atoms with E-state index in [1.165, 1.54) is 21.8 Å². The molecule has 2 heteroatoms. The number of hydrogen-bond donors (Lipinski definition) is 0. The lowest BCUT2D eigenvalue weighted by molar-refractivity contribution is 1.18. The van der Waals surface area contributed by atoms with Crippen LogP contribution in [-0.4, -0.2) is 4.57 Å². The van der Waals surface area contributed by atoms with Crippen LogP contribution in [0.25, 0.3) is 38.6 Å². The second-order valence-electron chi connectivity index (χ2n) is 6.37. The molecule has 0 atom stereocenters. The lowest BCUT2D eigenvalue weighted by Crippen LogP contribution is -1.95. The summed E-state index contributed by atoms with van der Waals surface area (Å²) in [5.41, 5.74) is 5.74. The summed E-state index contributed by atoms with van der Waals surface area (Å²) in [5.74, 6) is 0. The van der Waals surface area contributed by atoms with Crippen molar-refractivity contribution in [2.45, 2.75) is 0 Å². The molecule has 0 N–H and O–H groups in total. The van der Waals surface area contributed by atoms with Crippen molar-refractivity contribution in [1.82, 2.24) is 4.57 Å². The predicted molar refractivity (Wildman–Crippen MR) is 111 cm³/mol. The Morgan fingerprint density at radius 1 is 0.538 bits per heavy atom. The zero-order valence-corrected chi connectivity index (χ0v) is 14.8. The lowest BCUT2D eigenvalue weighted by atomic mass is 10.0. The third kappa shape index (κ3) is 2.25. The van der Waals surface area contributed by atoms with Crippen LogP contribution in [0.3, 0.4) is 0 Å². The van der Waals surface area contributed by atoms with Gasteiger partial charge in [0.2, 0.25) is 0 Å². The molecule has 5 aromatic rings. The fourth-order valence-electron chi connectivity index (χ4n) is 3.76. The molecule has 0 bridgehead atoms. The van der Waals surface area contributed by atoms with E-state index >= 15 is 0 Å². The molecule has 0 amide bonds. The molecule has 5 rings (SSSR count). The van der Waals surface area contributed by atoms with Crippen LogP contribution in [0, 0.1) is 0 Å². The SMILES string of the molecule is Clc1ccccc1-c1cccc2c3ccccc3n(-c3ccccc3)c12. The van der Waals surface area contributed by atoms with Crippen molar-refractivity contribution < 1.29 is 0 Å².